The largest absolute Gasteiger partial charge is 0.508 e. The number of hydrogen-bond donors (Lipinski definition) is 2. The maximum atomic E-state index is 9.99. The second-order valence-electron chi connectivity index (χ2n) is 4.67. The Labute approximate surface area is 96.9 Å². The van der Waals surface area contributed by atoms with E-state index in [2.05, 4.69) is 6.92 Å². The van der Waals surface area contributed by atoms with Crippen LogP contribution in [0.15, 0.2) is 6.07 Å². The number of fused-ring (bicyclic) bond motifs is 1. The normalized spacial score (nSPS) is 14.9. The predicted molar refractivity (Wildman–Crippen MR) is 64.9 cm³/mol. The lowest BCUT2D eigenvalue weighted by Crippen LogP contribution is -2.07. The van der Waals surface area contributed by atoms with Crippen LogP contribution in [-0.2, 0) is 19.3 Å². The van der Waals surface area contributed by atoms with E-state index in [4.69, 9.17) is 5.11 Å². The summed E-state index contributed by atoms with van der Waals surface area (Å²) in [5, 5.41) is 18.9. The summed E-state index contributed by atoms with van der Waals surface area (Å²) in [6.07, 6.45) is 6.26. The standard InChI is InChI=1S/C14H20O2/c1-10-12-6-3-2-5-11(12)9-14(16)13(10)7-4-8-15/h9,15-16H,2-8H2,1H3. The highest BCUT2D eigenvalue weighted by molar-refractivity contribution is 5.49. The molecule has 0 atom stereocenters. The third kappa shape index (κ3) is 2.07. The Hall–Kier alpha value is -1.02. The minimum absolute atomic E-state index is 0.190. The van der Waals surface area contributed by atoms with E-state index in [9.17, 15) is 5.11 Å². The van der Waals surface area contributed by atoms with Gasteiger partial charge in [-0.2, -0.15) is 0 Å². The van der Waals surface area contributed by atoms with Gasteiger partial charge in [-0.15, -0.1) is 0 Å². The Morgan fingerprint density at radius 3 is 2.75 bits per heavy atom. The molecule has 1 aromatic rings. The molecule has 0 unspecified atom stereocenters. The Morgan fingerprint density at radius 2 is 2.00 bits per heavy atom. The molecule has 88 valence electrons. The highest BCUT2D eigenvalue weighted by Gasteiger charge is 2.16. The second-order valence-corrected chi connectivity index (χ2v) is 4.67. The lowest BCUT2D eigenvalue weighted by atomic mass is 9.85. The lowest BCUT2D eigenvalue weighted by Gasteiger charge is -2.21. The molecule has 16 heavy (non-hydrogen) atoms. The summed E-state index contributed by atoms with van der Waals surface area (Å²) in [6, 6.07) is 1.94. The number of aryl methyl sites for hydroxylation is 1. The van der Waals surface area contributed by atoms with Crippen LogP contribution >= 0.6 is 0 Å². The van der Waals surface area contributed by atoms with Gasteiger partial charge in [-0.1, -0.05) is 0 Å². The fourth-order valence-electron chi connectivity index (χ4n) is 2.71. The van der Waals surface area contributed by atoms with Crippen molar-refractivity contribution < 1.29 is 10.2 Å². The van der Waals surface area contributed by atoms with Crippen molar-refractivity contribution in [1.29, 1.82) is 0 Å². The van der Waals surface area contributed by atoms with E-state index < -0.39 is 0 Å². The summed E-state index contributed by atoms with van der Waals surface area (Å²) >= 11 is 0. The van der Waals surface area contributed by atoms with Crippen molar-refractivity contribution in [1.82, 2.24) is 0 Å². The first-order valence-electron chi connectivity index (χ1n) is 6.18. The molecule has 1 aliphatic rings. The van der Waals surface area contributed by atoms with Crippen LogP contribution in [0.25, 0.3) is 0 Å². The number of aromatic hydroxyl groups is 1. The van der Waals surface area contributed by atoms with E-state index in [0.717, 1.165) is 31.2 Å². The molecule has 0 aliphatic heterocycles. The Bertz CT molecular complexity index is 383. The molecule has 0 aromatic heterocycles. The van der Waals surface area contributed by atoms with Crippen LogP contribution in [0.5, 0.6) is 5.75 Å². The Kier molecular flexibility index (Phi) is 3.49. The summed E-state index contributed by atoms with van der Waals surface area (Å²) in [5.41, 5.74) is 5.06. The van der Waals surface area contributed by atoms with Crippen molar-refractivity contribution in [3.63, 3.8) is 0 Å². The number of benzene rings is 1. The molecule has 0 amide bonds. The van der Waals surface area contributed by atoms with Gasteiger partial charge < -0.3 is 10.2 Å². The average Bonchev–Trinajstić information content (AvgIpc) is 2.29. The topological polar surface area (TPSA) is 40.5 Å². The zero-order chi connectivity index (χ0) is 11.5. The van der Waals surface area contributed by atoms with Gasteiger partial charge in [0.15, 0.2) is 0 Å². The molecule has 0 fully saturated rings. The van der Waals surface area contributed by atoms with Crippen LogP contribution in [0.4, 0.5) is 0 Å². The Morgan fingerprint density at radius 1 is 1.25 bits per heavy atom. The number of rotatable bonds is 3. The number of phenolic OH excluding ortho intramolecular Hbond substituents is 1. The van der Waals surface area contributed by atoms with Gasteiger partial charge in [0.1, 0.15) is 5.75 Å². The maximum absolute atomic E-state index is 9.99. The van der Waals surface area contributed by atoms with Crippen molar-refractivity contribution in [2.24, 2.45) is 0 Å². The SMILES string of the molecule is Cc1c(CCCO)c(O)cc2c1CCCC2. The quantitative estimate of drug-likeness (QED) is 0.821. The highest BCUT2D eigenvalue weighted by Crippen LogP contribution is 2.33. The number of aliphatic hydroxyl groups is 1. The smallest absolute Gasteiger partial charge is 0.119 e. The van der Waals surface area contributed by atoms with Crippen molar-refractivity contribution in [3.8, 4) is 5.75 Å². The lowest BCUT2D eigenvalue weighted by molar-refractivity contribution is 0.288. The Balaban J connectivity index is 2.37. The van der Waals surface area contributed by atoms with Gasteiger partial charge in [0.25, 0.3) is 0 Å². The minimum atomic E-state index is 0.190. The molecule has 0 saturated carbocycles. The molecule has 2 rings (SSSR count). The van der Waals surface area contributed by atoms with E-state index in [-0.39, 0.29) is 6.61 Å². The van der Waals surface area contributed by atoms with Gasteiger partial charge in [0.2, 0.25) is 0 Å². The molecule has 0 heterocycles. The van der Waals surface area contributed by atoms with Crippen LogP contribution in [0.3, 0.4) is 0 Å². The third-order valence-electron chi connectivity index (χ3n) is 3.62. The molecule has 2 nitrogen and oxygen atoms in total. The minimum Gasteiger partial charge on any atom is -0.508 e. The van der Waals surface area contributed by atoms with Crippen LogP contribution in [0.2, 0.25) is 0 Å². The van der Waals surface area contributed by atoms with Gasteiger partial charge >= 0.3 is 0 Å². The van der Waals surface area contributed by atoms with Gasteiger partial charge in [-0.25, -0.2) is 0 Å². The predicted octanol–water partition coefficient (Wildman–Crippen LogP) is 2.50. The fraction of sp³-hybridized carbons (Fsp3) is 0.571. The molecular weight excluding hydrogens is 200 g/mol. The molecule has 2 N–H and O–H groups in total. The van der Waals surface area contributed by atoms with Crippen molar-refractivity contribution in [2.45, 2.75) is 45.4 Å². The molecule has 0 spiro atoms. The van der Waals surface area contributed by atoms with E-state index in [1.165, 1.54) is 29.5 Å². The van der Waals surface area contributed by atoms with E-state index in [1.54, 1.807) is 0 Å². The molecular formula is C14H20O2. The van der Waals surface area contributed by atoms with Crippen molar-refractivity contribution in [2.75, 3.05) is 6.61 Å². The molecule has 0 saturated heterocycles. The van der Waals surface area contributed by atoms with E-state index in [0.29, 0.717) is 5.75 Å². The number of phenols is 1. The summed E-state index contributed by atoms with van der Waals surface area (Å²) in [7, 11) is 0. The van der Waals surface area contributed by atoms with Crippen molar-refractivity contribution >= 4 is 0 Å². The van der Waals surface area contributed by atoms with E-state index in [1.807, 2.05) is 6.07 Å². The molecule has 0 radical (unpaired) electrons. The number of aliphatic hydroxyl groups excluding tert-OH is 1. The van der Waals surface area contributed by atoms with Gasteiger partial charge in [0.05, 0.1) is 0 Å². The first-order valence-corrected chi connectivity index (χ1v) is 6.18. The summed E-state index contributed by atoms with van der Waals surface area (Å²) in [6.45, 7) is 2.30. The first kappa shape index (κ1) is 11.5. The van der Waals surface area contributed by atoms with Crippen LogP contribution in [-0.4, -0.2) is 16.8 Å². The van der Waals surface area contributed by atoms with Crippen LogP contribution in [0, 0.1) is 6.92 Å². The fourth-order valence-corrected chi connectivity index (χ4v) is 2.71. The molecule has 0 bridgehead atoms. The first-order chi connectivity index (χ1) is 7.74. The maximum Gasteiger partial charge on any atom is 0.119 e. The monoisotopic (exact) mass is 220 g/mol. The zero-order valence-corrected chi connectivity index (χ0v) is 9.92. The molecule has 2 heteroatoms. The third-order valence-corrected chi connectivity index (χ3v) is 3.62. The zero-order valence-electron chi connectivity index (χ0n) is 9.92. The van der Waals surface area contributed by atoms with Crippen LogP contribution in [0.1, 0.15) is 41.5 Å². The molecule has 1 aliphatic carbocycles. The summed E-state index contributed by atoms with van der Waals surface area (Å²) in [4.78, 5) is 0. The summed E-state index contributed by atoms with van der Waals surface area (Å²) < 4.78 is 0. The van der Waals surface area contributed by atoms with Crippen LogP contribution < -0.4 is 0 Å². The van der Waals surface area contributed by atoms with Gasteiger partial charge in [-0.05, 0) is 73.8 Å². The van der Waals surface area contributed by atoms with Gasteiger partial charge in [-0.3, -0.25) is 0 Å². The molecule has 1 aromatic carbocycles. The van der Waals surface area contributed by atoms with Gasteiger partial charge in [0, 0.05) is 6.61 Å². The summed E-state index contributed by atoms with van der Waals surface area (Å²) in [5.74, 6) is 0.423. The average molecular weight is 220 g/mol. The number of hydrogen-bond acceptors (Lipinski definition) is 2. The van der Waals surface area contributed by atoms with E-state index >= 15 is 0 Å². The second kappa shape index (κ2) is 4.88. The van der Waals surface area contributed by atoms with Crippen molar-refractivity contribution in [3.05, 3.63) is 28.3 Å². The highest BCUT2D eigenvalue weighted by atomic mass is 16.3.